The van der Waals surface area contributed by atoms with Crippen molar-refractivity contribution in [2.75, 3.05) is 37.9 Å². The van der Waals surface area contributed by atoms with Crippen LogP contribution in [0.3, 0.4) is 0 Å². The predicted octanol–water partition coefficient (Wildman–Crippen LogP) is -0.513. The summed E-state index contributed by atoms with van der Waals surface area (Å²) in [7, 11) is 4.20. The van der Waals surface area contributed by atoms with Crippen LogP contribution in [0.15, 0.2) is 0 Å². The first-order chi connectivity index (χ1) is 14.7. The largest absolute Gasteiger partial charge is 0.395 e. The summed E-state index contributed by atoms with van der Waals surface area (Å²) in [5.41, 5.74) is 0. The van der Waals surface area contributed by atoms with Crippen LogP contribution in [0.4, 0.5) is 0 Å². The molecule has 0 radical (unpaired) electrons. The van der Waals surface area contributed by atoms with Crippen molar-refractivity contribution in [2.45, 2.75) is 87.5 Å². The molecule has 9 nitrogen and oxygen atoms in total. The van der Waals surface area contributed by atoms with Crippen molar-refractivity contribution in [1.82, 2.24) is 0 Å². The maximum atomic E-state index is 10.8. The summed E-state index contributed by atoms with van der Waals surface area (Å²) < 4.78 is 11.4. The Labute approximate surface area is 190 Å². The molecule has 1 saturated heterocycles. The van der Waals surface area contributed by atoms with Crippen molar-refractivity contribution in [3.05, 3.63) is 0 Å². The first-order valence-electron chi connectivity index (χ1n) is 11.0. The van der Waals surface area contributed by atoms with Gasteiger partial charge in [0.2, 0.25) is 0 Å². The zero-order chi connectivity index (χ0) is 23.6. The Balaban J connectivity index is 2.89. The van der Waals surface area contributed by atoms with E-state index in [2.05, 4.69) is 0 Å². The molecule has 0 saturated carbocycles. The van der Waals surface area contributed by atoms with E-state index in [0.717, 1.165) is 19.3 Å². The third-order valence-corrected chi connectivity index (χ3v) is 10.4. The fourth-order valence-electron chi connectivity index (χ4n) is 3.66. The normalized spacial score (nSPS) is 33.4. The van der Waals surface area contributed by atoms with Gasteiger partial charge >= 0.3 is 0 Å². The topological polar surface area (TPSA) is 160 Å². The second kappa shape index (κ2) is 14.5. The molecule has 11 heteroatoms. The van der Waals surface area contributed by atoms with Crippen molar-refractivity contribution in [3.63, 3.8) is 0 Å². The molecule has 1 rings (SSSR count). The summed E-state index contributed by atoms with van der Waals surface area (Å²) >= 11 is 0. The molecule has 0 amide bonds. The maximum absolute atomic E-state index is 10.8. The Morgan fingerprint density at radius 2 is 1.55 bits per heavy atom. The van der Waals surface area contributed by atoms with Crippen LogP contribution in [0.1, 0.15) is 39.5 Å². The zero-order valence-corrected chi connectivity index (χ0v) is 20.0. The standard InChI is InChI=1S/C20H41ClO9S/c1-3-5-7-29-15(9-22)20(30-8-6-4-2)19(28)18(27)14(25)12-31(21)11-13(24)17(26)16(31)10-23/h13-20,22-28H,3-12H2,1-2H3/t13-,14-,15+,16-,17+,18-,19+,20-/m1/s1. The molecule has 1 unspecified atom stereocenters. The highest BCUT2D eigenvalue weighted by Gasteiger charge is 2.50. The van der Waals surface area contributed by atoms with Gasteiger partial charge < -0.3 is 45.2 Å². The lowest BCUT2D eigenvalue weighted by Crippen LogP contribution is -2.53. The van der Waals surface area contributed by atoms with Gasteiger partial charge in [-0.25, -0.2) is 0 Å². The number of aliphatic hydroxyl groups excluding tert-OH is 7. The van der Waals surface area contributed by atoms with Crippen molar-refractivity contribution in [3.8, 4) is 0 Å². The second-order valence-corrected chi connectivity index (χ2v) is 12.9. The first-order valence-corrected chi connectivity index (χ1v) is 13.8. The molecule has 1 heterocycles. The van der Waals surface area contributed by atoms with Gasteiger partial charge in [-0.3, -0.25) is 0 Å². The van der Waals surface area contributed by atoms with Gasteiger partial charge in [0.1, 0.15) is 24.4 Å². The molecule has 7 N–H and O–H groups in total. The van der Waals surface area contributed by atoms with Crippen LogP contribution in [0.5, 0.6) is 0 Å². The van der Waals surface area contributed by atoms with Gasteiger partial charge in [0.15, 0.2) is 0 Å². The van der Waals surface area contributed by atoms with Crippen molar-refractivity contribution >= 4 is 19.9 Å². The minimum atomic E-state index is -2.38. The molecule has 0 aromatic heterocycles. The lowest BCUT2D eigenvalue weighted by atomic mass is 9.99. The van der Waals surface area contributed by atoms with Crippen LogP contribution >= 0.6 is 19.9 Å². The summed E-state index contributed by atoms with van der Waals surface area (Å²) in [5.74, 6) is -0.203. The highest BCUT2D eigenvalue weighted by molar-refractivity contribution is 8.51. The first kappa shape index (κ1) is 29.3. The lowest BCUT2D eigenvalue weighted by Gasteiger charge is -2.39. The predicted molar refractivity (Wildman–Crippen MR) is 120 cm³/mol. The number of ether oxygens (including phenoxy) is 2. The number of rotatable bonds is 16. The van der Waals surface area contributed by atoms with E-state index in [1.807, 2.05) is 13.8 Å². The van der Waals surface area contributed by atoms with Gasteiger partial charge in [0.25, 0.3) is 0 Å². The average Bonchev–Trinajstić information content (AvgIpc) is 2.95. The Morgan fingerprint density at radius 1 is 0.968 bits per heavy atom. The third-order valence-electron chi connectivity index (χ3n) is 5.66. The number of halogens is 1. The quantitative estimate of drug-likeness (QED) is 0.141. The average molecular weight is 493 g/mol. The van der Waals surface area contributed by atoms with Gasteiger partial charge in [0.05, 0.1) is 36.8 Å². The minimum Gasteiger partial charge on any atom is -0.395 e. The molecule has 9 atom stereocenters. The zero-order valence-electron chi connectivity index (χ0n) is 18.4. The summed E-state index contributed by atoms with van der Waals surface area (Å²) in [6.07, 6.45) is -5.87. The number of hydrogen-bond donors (Lipinski definition) is 7. The summed E-state index contributed by atoms with van der Waals surface area (Å²) in [6, 6.07) is 0. The van der Waals surface area contributed by atoms with Crippen molar-refractivity contribution < 1.29 is 45.2 Å². The van der Waals surface area contributed by atoms with Crippen LogP contribution in [0, 0.1) is 0 Å². The van der Waals surface area contributed by atoms with Gasteiger partial charge in [-0.15, -0.1) is 0 Å². The molecule has 0 bridgehead atoms. The Hall–Kier alpha value is 0.280. The van der Waals surface area contributed by atoms with Crippen LogP contribution in [0.2, 0.25) is 0 Å². The fourth-order valence-corrected chi connectivity index (χ4v) is 8.03. The highest BCUT2D eigenvalue weighted by atomic mass is 35.7. The molecular weight excluding hydrogens is 452 g/mol. The minimum absolute atomic E-state index is 0.00333. The SMILES string of the molecule is CCCCO[C@@H]([C@@H](O)[C@H](O)[C@H](O)CS1(Cl)C[C@@H](O)[C@H](O)[C@H]1CO)[C@H](CO)OCCCC. The van der Waals surface area contributed by atoms with Gasteiger partial charge in [-0.05, 0) is 12.8 Å². The number of aliphatic hydroxyl groups is 7. The van der Waals surface area contributed by atoms with E-state index < -0.39 is 70.4 Å². The van der Waals surface area contributed by atoms with Crippen molar-refractivity contribution in [2.24, 2.45) is 0 Å². The molecule has 1 fully saturated rings. The molecule has 31 heavy (non-hydrogen) atoms. The fraction of sp³-hybridized carbons (Fsp3) is 1.00. The van der Waals surface area contributed by atoms with Crippen LogP contribution in [-0.4, -0.2) is 122 Å². The van der Waals surface area contributed by atoms with E-state index in [0.29, 0.717) is 13.0 Å². The lowest BCUT2D eigenvalue weighted by molar-refractivity contribution is -0.172. The smallest absolute Gasteiger partial charge is 0.114 e. The van der Waals surface area contributed by atoms with E-state index in [9.17, 15) is 35.7 Å². The van der Waals surface area contributed by atoms with Crippen LogP contribution < -0.4 is 0 Å². The monoisotopic (exact) mass is 492 g/mol. The Kier molecular flexibility index (Phi) is 13.7. The molecular formula is C20H41ClO9S. The van der Waals surface area contributed by atoms with Crippen LogP contribution in [0.25, 0.3) is 0 Å². The molecule has 0 aliphatic carbocycles. The van der Waals surface area contributed by atoms with E-state index in [-0.39, 0.29) is 18.1 Å². The van der Waals surface area contributed by atoms with E-state index in [1.165, 1.54) is 0 Å². The molecule has 0 spiro atoms. The molecule has 188 valence electrons. The van der Waals surface area contributed by atoms with Gasteiger partial charge in [0, 0.05) is 24.7 Å². The maximum Gasteiger partial charge on any atom is 0.114 e. The molecule has 1 aliphatic heterocycles. The van der Waals surface area contributed by atoms with Crippen molar-refractivity contribution in [1.29, 1.82) is 0 Å². The van der Waals surface area contributed by atoms with Gasteiger partial charge in [-0.2, -0.15) is 9.24 Å². The summed E-state index contributed by atoms with van der Waals surface area (Å²) in [4.78, 5) is 0. The number of hydrogen-bond acceptors (Lipinski definition) is 9. The summed E-state index contributed by atoms with van der Waals surface area (Å²) in [5, 5.41) is 70.5. The third kappa shape index (κ3) is 8.22. The molecule has 1 aliphatic rings. The Bertz CT molecular complexity index is 492. The second-order valence-electron chi connectivity index (χ2n) is 8.14. The molecule has 0 aromatic rings. The Morgan fingerprint density at radius 3 is 2.06 bits per heavy atom. The van der Waals surface area contributed by atoms with Gasteiger partial charge in [-0.1, -0.05) is 37.4 Å². The van der Waals surface area contributed by atoms with E-state index in [4.69, 9.17) is 20.2 Å². The van der Waals surface area contributed by atoms with E-state index >= 15 is 0 Å². The van der Waals surface area contributed by atoms with E-state index in [1.54, 1.807) is 0 Å². The number of unbranched alkanes of at least 4 members (excludes halogenated alkanes) is 2. The summed E-state index contributed by atoms with van der Waals surface area (Å²) in [6.45, 7) is 3.69. The highest BCUT2D eigenvalue weighted by Crippen LogP contribution is 2.63. The van der Waals surface area contributed by atoms with Crippen LogP contribution in [-0.2, 0) is 9.47 Å². The molecule has 0 aromatic carbocycles.